The lowest BCUT2D eigenvalue weighted by molar-refractivity contribution is -0.385. The number of rotatable bonds is 4. The fourth-order valence-corrected chi connectivity index (χ4v) is 3.21. The minimum absolute atomic E-state index is 0.0226. The normalized spacial score (nSPS) is 10.8. The van der Waals surface area contributed by atoms with Crippen LogP contribution in [0.2, 0.25) is 0 Å². The number of fused-ring (bicyclic) bond motifs is 1. The van der Waals surface area contributed by atoms with Gasteiger partial charge in [0.15, 0.2) is 5.82 Å². The van der Waals surface area contributed by atoms with Crippen LogP contribution in [-0.2, 0) is 0 Å². The van der Waals surface area contributed by atoms with Crippen molar-refractivity contribution in [1.29, 1.82) is 0 Å². The maximum absolute atomic E-state index is 12.7. The average Bonchev–Trinajstić information content (AvgIpc) is 3.08. The van der Waals surface area contributed by atoms with E-state index in [1.165, 1.54) is 22.9 Å². The number of amides is 1. The van der Waals surface area contributed by atoms with Crippen LogP contribution in [0.5, 0.6) is 0 Å². The molecule has 0 fully saturated rings. The molecular weight excluding hydrogens is 370 g/mol. The predicted molar refractivity (Wildman–Crippen MR) is 109 cm³/mol. The third-order valence-electron chi connectivity index (χ3n) is 4.55. The number of para-hydroxylation sites is 2. The molecule has 0 radical (unpaired) electrons. The molecule has 1 N–H and O–H groups in total. The van der Waals surface area contributed by atoms with Crippen molar-refractivity contribution >= 4 is 28.3 Å². The molecule has 8 heteroatoms. The molecule has 0 spiro atoms. The third kappa shape index (κ3) is 3.43. The first kappa shape index (κ1) is 18.3. The Balaban J connectivity index is 1.75. The van der Waals surface area contributed by atoms with Gasteiger partial charge in [-0.3, -0.25) is 14.9 Å². The molecule has 2 aromatic heterocycles. The number of benzene rings is 2. The quantitative estimate of drug-likeness (QED) is 0.418. The Labute approximate surface area is 166 Å². The van der Waals surface area contributed by atoms with Crippen LogP contribution in [0.1, 0.15) is 21.6 Å². The SMILES string of the molecule is Cc1cc(NC(=O)c2ccccc2[N+](=O)[O-])n(-c2cc(C)c3ccccc3n2)n1. The smallest absolute Gasteiger partial charge is 0.282 e. The molecule has 8 nitrogen and oxygen atoms in total. The number of hydrogen-bond acceptors (Lipinski definition) is 5. The lowest BCUT2D eigenvalue weighted by Gasteiger charge is -2.11. The van der Waals surface area contributed by atoms with E-state index in [1.807, 2.05) is 37.3 Å². The predicted octanol–water partition coefficient (Wildman–Crippen LogP) is 4.20. The molecule has 1 amide bonds. The summed E-state index contributed by atoms with van der Waals surface area (Å²) >= 11 is 0. The van der Waals surface area contributed by atoms with Gasteiger partial charge in [-0.1, -0.05) is 30.3 Å². The molecule has 2 heterocycles. The summed E-state index contributed by atoms with van der Waals surface area (Å²) in [5.74, 6) is 0.343. The van der Waals surface area contributed by atoms with Gasteiger partial charge in [0.1, 0.15) is 11.4 Å². The Bertz CT molecular complexity index is 1260. The molecule has 0 bridgehead atoms. The van der Waals surface area contributed by atoms with Gasteiger partial charge in [0.05, 0.1) is 16.1 Å². The molecule has 144 valence electrons. The molecule has 0 unspecified atom stereocenters. The van der Waals surface area contributed by atoms with Crippen molar-refractivity contribution < 1.29 is 9.72 Å². The number of nitrogens with one attached hydrogen (secondary N) is 1. The van der Waals surface area contributed by atoms with Gasteiger partial charge in [-0.2, -0.15) is 9.78 Å². The van der Waals surface area contributed by atoms with Gasteiger partial charge in [-0.25, -0.2) is 4.98 Å². The van der Waals surface area contributed by atoms with E-state index in [4.69, 9.17) is 0 Å². The van der Waals surface area contributed by atoms with E-state index < -0.39 is 10.8 Å². The van der Waals surface area contributed by atoms with E-state index in [-0.39, 0.29) is 11.3 Å². The third-order valence-corrected chi connectivity index (χ3v) is 4.55. The Kier molecular flexibility index (Phi) is 4.52. The first-order valence-corrected chi connectivity index (χ1v) is 8.92. The highest BCUT2D eigenvalue weighted by Gasteiger charge is 2.21. The van der Waals surface area contributed by atoms with Gasteiger partial charge in [0, 0.05) is 17.5 Å². The van der Waals surface area contributed by atoms with Crippen molar-refractivity contribution in [2.75, 3.05) is 5.32 Å². The van der Waals surface area contributed by atoms with Crippen LogP contribution in [0.25, 0.3) is 16.7 Å². The van der Waals surface area contributed by atoms with Crippen molar-refractivity contribution in [3.63, 3.8) is 0 Å². The summed E-state index contributed by atoms with van der Waals surface area (Å²) in [6, 6.07) is 17.2. The van der Waals surface area contributed by atoms with E-state index in [0.717, 1.165) is 16.5 Å². The van der Waals surface area contributed by atoms with E-state index in [1.54, 1.807) is 19.1 Å². The molecule has 0 atom stereocenters. The molecular formula is C21H17N5O3. The maximum atomic E-state index is 12.7. The lowest BCUT2D eigenvalue weighted by Crippen LogP contribution is -2.17. The summed E-state index contributed by atoms with van der Waals surface area (Å²) in [6.07, 6.45) is 0. The number of nitrogens with zero attached hydrogens (tertiary/aromatic N) is 4. The Hall–Kier alpha value is -4.07. The van der Waals surface area contributed by atoms with Crippen molar-refractivity contribution in [2.45, 2.75) is 13.8 Å². The van der Waals surface area contributed by atoms with Crippen molar-refractivity contribution in [1.82, 2.24) is 14.8 Å². The number of carbonyl (C=O) groups excluding carboxylic acids is 1. The Morgan fingerprint density at radius 1 is 1.07 bits per heavy atom. The van der Waals surface area contributed by atoms with Gasteiger partial charge < -0.3 is 5.32 Å². The zero-order chi connectivity index (χ0) is 20.5. The molecule has 0 saturated carbocycles. The van der Waals surface area contributed by atoms with Crippen LogP contribution in [0.15, 0.2) is 60.7 Å². The highest BCUT2D eigenvalue weighted by molar-refractivity contribution is 6.06. The average molecular weight is 387 g/mol. The second-order valence-corrected chi connectivity index (χ2v) is 6.63. The molecule has 2 aromatic carbocycles. The monoisotopic (exact) mass is 387 g/mol. The van der Waals surface area contributed by atoms with E-state index in [0.29, 0.717) is 17.3 Å². The maximum Gasteiger partial charge on any atom is 0.282 e. The van der Waals surface area contributed by atoms with Crippen LogP contribution in [0, 0.1) is 24.0 Å². The number of anilines is 1. The number of aryl methyl sites for hydroxylation is 2. The standard InChI is InChI=1S/C21H17N5O3/c1-13-11-19(22-17-9-5-3-7-15(13)17)25-20(12-14(2)24-25)23-21(27)16-8-4-6-10-18(16)26(28)29/h3-12H,1-2H3,(H,23,27). The first-order chi connectivity index (χ1) is 13.9. The fraction of sp³-hybridized carbons (Fsp3) is 0.0952. The summed E-state index contributed by atoms with van der Waals surface area (Å²) in [7, 11) is 0. The van der Waals surface area contributed by atoms with Crippen molar-refractivity contribution in [3.05, 3.63) is 87.6 Å². The minimum atomic E-state index is -0.587. The number of carbonyl (C=O) groups is 1. The first-order valence-electron chi connectivity index (χ1n) is 8.92. The molecule has 0 aliphatic carbocycles. The van der Waals surface area contributed by atoms with Gasteiger partial charge in [0.2, 0.25) is 0 Å². The summed E-state index contributed by atoms with van der Waals surface area (Å²) in [4.78, 5) is 28.0. The molecule has 0 aliphatic heterocycles. The van der Waals surface area contributed by atoms with Gasteiger partial charge >= 0.3 is 0 Å². The van der Waals surface area contributed by atoms with Gasteiger partial charge in [-0.15, -0.1) is 0 Å². The van der Waals surface area contributed by atoms with Crippen LogP contribution >= 0.6 is 0 Å². The fourth-order valence-electron chi connectivity index (χ4n) is 3.21. The largest absolute Gasteiger partial charge is 0.306 e. The van der Waals surface area contributed by atoms with Crippen LogP contribution < -0.4 is 5.32 Å². The van der Waals surface area contributed by atoms with E-state index in [9.17, 15) is 14.9 Å². The molecule has 4 aromatic rings. The number of nitro benzene ring substituents is 1. The topological polar surface area (TPSA) is 103 Å². The summed E-state index contributed by atoms with van der Waals surface area (Å²) in [5.41, 5.74) is 2.23. The van der Waals surface area contributed by atoms with Crippen molar-refractivity contribution in [3.8, 4) is 5.82 Å². The summed E-state index contributed by atoms with van der Waals surface area (Å²) < 4.78 is 1.53. The number of aromatic nitrogens is 3. The zero-order valence-corrected chi connectivity index (χ0v) is 15.8. The van der Waals surface area contributed by atoms with Crippen LogP contribution in [0.4, 0.5) is 11.5 Å². The second-order valence-electron chi connectivity index (χ2n) is 6.63. The number of pyridine rings is 1. The Morgan fingerprint density at radius 2 is 1.79 bits per heavy atom. The summed E-state index contributed by atoms with van der Waals surface area (Å²) in [6.45, 7) is 3.78. The van der Waals surface area contributed by atoms with Crippen LogP contribution in [-0.4, -0.2) is 25.6 Å². The van der Waals surface area contributed by atoms with E-state index in [2.05, 4.69) is 15.4 Å². The lowest BCUT2D eigenvalue weighted by atomic mass is 10.1. The Morgan fingerprint density at radius 3 is 2.59 bits per heavy atom. The van der Waals surface area contributed by atoms with E-state index >= 15 is 0 Å². The molecule has 4 rings (SSSR count). The highest BCUT2D eigenvalue weighted by Crippen LogP contribution is 2.24. The second kappa shape index (κ2) is 7.16. The molecule has 0 saturated heterocycles. The van der Waals surface area contributed by atoms with Gasteiger partial charge in [-0.05, 0) is 37.6 Å². The number of hydrogen-bond donors (Lipinski definition) is 1. The van der Waals surface area contributed by atoms with Gasteiger partial charge in [0.25, 0.3) is 11.6 Å². The number of nitro groups is 1. The minimum Gasteiger partial charge on any atom is -0.306 e. The zero-order valence-electron chi connectivity index (χ0n) is 15.8. The molecule has 29 heavy (non-hydrogen) atoms. The van der Waals surface area contributed by atoms with Crippen LogP contribution in [0.3, 0.4) is 0 Å². The molecule has 0 aliphatic rings. The highest BCUT2D eigenvalue weighted by atomic mass is 16.6. The van der Waals surface area contributed by atoms with Crippen molar-refractivity contribution in [2.24, 2.45) is 0 Å². The summed E-state index contributed by atoms with van der Waals surface area (Å²) in [5, 5.41) is 19.4.